The fourth-order valence-electron chi connectivity index (χ4n) is 2.23. The van der Waals surface area contributed by atoms with E-state index in [-0.39, 0.29) is 18.4 Å². The van der Waals surface area contributed by atoms with E-state index in [1.807, 2.05) is 6.92 Å². The lowest BCUT2D eigenvalue weighted by atomic mass is 9.91. The Bertz CT molecular complexity index is 302. The number of carboxylic acid groups (broad SMARTS) is 1. The van der Waals surface area contributed by atoms with Crippen LogP contribution >= 0.6 is 0 Å². The van der Waals surface area contributed by atoms with Crippen LogP contribution < -0.4 is 10.6 Å². The highest BCUT2D eigenvalue weighted by Crippen LogP contribution is 2.17. The van der Waals surface area contributed by atoms with Gasteiger partial charge in [0.05, 0.1) is 12.5 Å². The molecule has 0 bridgehead atoms. The van der Waals surface area contributed by atoms with Crippen molar-refractivity contribution in [3.63, 3.8) is 0 Å². The molecule has 0 aromatic heterocycles. The van der Waals surface area contributed by atoms with Crippen molar-refractivity contribution in [1.29, 1.82) is 0 Å². The summed E-state index contributed by atoms with van der Waals surface area (Å²) in [5.74, 6) is -0.701. The molecule has 0 radical (unpaired) electrons. The van der Waals surface area contributed by atoms with E-state index in [1.54, 1.807) is 13.8 Å². The topological polar surface area (TPSA) is 78.4 Å². The van der Waals surface area contributed by atoms with Crippen molar-refractivity contribution in [3.8, 4) is 0 Å². The molecule has 1 heterocycles. The van der Waals surface area contributed by atoms with Gasteiger partial charge < -0.3 is 15.7 Å². The van der Waals surface area contributed by atoms with E-state index in [4.69, 9.17) is 5.11 Å². The predicted octanol–water partition coefficient (Wildman–Crippen LogP) is 0.744. The summed E-state index contributed by atoms with van der Waals surface area (Å²) in [5, 5.41) is 14.7. The Kier molecular flexibility index (Phi) is 4.51. The lowest BCUT2D eigenvalue weighted by Gasteiger charge is -2.33. The molecule has 3 N–H and O–H groups in total. The second-order valence-corrected chi connectivity index (χ2v) is 5.49. The van der Waals surface area contributed by atoms with Crippen molar-refractivity contribution in [2.75, 3.05) is 6.54 Å². The molecule has 2 atom stereocenters. The van der Waals surface area contributed by atoms with Crippen molar-refractivity contribution >= 4 is 11.9 Å². The molecule has 5 heteroatoms. The number of rotatable bonds is 4. The Balaban J connectivity index is 2.55. The van der Waals surface area contributed by atoms with Gasteiger partial charge in [-0.1, -0.05) is 6.92 Å². The van der Waals surface area contributed by atoms with Gasteiger partial charge in [-0.05, 0) is 39.2 Å². The van der Waals surface area contributed by atoms with Crippen LogP contribution in [0.5, 0.6) is 0 Å². The third-order valence-electron chi connectivity index (χ3n) is 3.11. The van der Waals surface area contributed by atoms with Gasteiger partial charge in [0.15, 0.2) is 0 Å². The minimum Gasteiger partial charge on any atom is -0.481 e. The SMILES string of the molecule is CC1CCCNC1C(=O)NC(C)(C)CC(=O)O. The zero-order chi connectivity index (χ0) is 13.1. The lowest BCUT2D eigenvalue weighted by molar-refractivity contribution is -0.138. The van der Waals surface area contributed by atoms with Gasteiger partial charge in [-0.25, -0.2) is 0 Å². The molecule has 0 aromatic rings. The highest BCUT2D eigenvalue weighted by molar-refractivity contribution is 5.83. The van der Waals surface area contributed by atoms with Crippen LogP contribution in [0.25, 0.3) is 0 Å². The molecule has 0 saturated carbocycles. The number of hydrogen-bond acceptors (Lipinski definition) is 3. The Morgan fingerprint density at radius 3 is 2.65 bits per heavy atom. The molecule has 1 saturated heterocycles. The Labute approximate surface area is 102 Å². The van der Waals surface area contributed by atoms with Gasteiger partial charge in [-0.2, -0.15) is 0 Å². The molecule has 0 aromatic carbocycles. The van der Waals surface area contributed by atoms with Crippen LogP contribution in [0.4, 0.5) is 0 Å². The minimum atomic E-state index is -0.903. The summed E-state index contributed by atoms with van der Waals surface area (Å²) in [6.45, 7) is 6.35. The van der Waals surface area contributed by atoms with Crippen LogP contribution in [0.1, 0.15) is 40.0 Å². The van der Waals surface area contributed by atoms with Crippen LogP contribution in [-0.4, -0.2) is 35.1 Å². The van der Waals surface area contributed by atoms with E-state index in [0.717, 1.165) is 19.4 Å². The summed E-state index contributed by atoms with van der Waals surface area (Å²) in [6, 6.07) is -0.197. The molecule has 0 spiro atoms. The Hall–Kier alpha value is -1.10. The maximum Gasteiger partial charge on any atom is 0.305 e. The zero-order valence-corrected chi connectivity index (χ0v) is 10.7. The molecular weight excluding hydrogens is 220 g/mol. The summed E-state index contributed by atoms with van der Waals surface area (Å²) < 4.78 is 0. The molecule has 0 aliphatic carbocycles. The molecule has 98 valence electrons. The maximum atomic E-state index is 12.0. The molecule has 1 amide bonds. The maximum absolute atomic E-state index is 12.0. The standard InChI is InChI=1S/C12H22N2O3/c1-8-5-4-6-13-10(8)11(17)14-12(2,3)7-9(15)16/h8,10,13H,4-7H2,1-3H3,(H,14,17)(H,15,16). The number of nitrogens with one attached hydrogen (secondary N) is 2. The number of carboxylic acids is 1. The predicted molar refractivity (Wildman–Crippen MR) is 64.7 cm³/mol. The quantitative estimate of drug-likeness (QED) is 0.679. The molecule has 1 aliphatic rings. The van der Waals surface area contributed by atoms with Crippen LogP contribution in [-0.2, 0) is 9.59 Å². The highest BCUT2D eigenvalue weighted by atomic mass is 16.4. The molecular formula is C12H22N2O3. The second-order valence-electron chi connectivity index (χ2n) is 5.49. The van der Waals surface area contributed by atoms with Gasteiger partial charge in [0.1, 0.15) is 0 Å². The number of amides is 1. The van der Waals surface area contributed by atoms with E-state index in [0.29, 0.717) is 5.92 Å². The fourth-order valence-corrected chi connectivity index (χ4v) is 2.23. The van der Waals surface area contributed by atoms with Gasteiger partial charge >= 0.3 is 5.97 Å². The van der Waals surface area contributed by atoms with E-state index in [1.165, 1.54) is 0 Å². The number of aliphatic carboxylic acids is 1. The monoisotopic (exact) mass is 242 g/mol. The summed E-state index contributed by atoms with van der Waals surface area (Å²) in [7, 11) is 0. The minimum absolute atomic E-state index is 0.0696. The van der Waals surface area contributed by atoms with Gasteiger partial charge in [0, 0.05) is 5.54 Å². The largest absolute Gasteiger partial charge is 0.481 e. The first-order valence-electron chi connectivity index (χ1n) is 6.09. The number of hydrogen-bond donors (Lipinski definition) is 3. The number of carbonyl (C=O) groups is 2. The average Bonchev–Trinajstić information content (AvgIpc) is 2.14. The average molecular weight is 242 g/mol. The van der Waals surface area contributed by atoms with E-state index in [2.05, 4.69) is 10.6 Å². The van der Waals surface area contributed by atoms with Crippen LogP contribution in [0.3, 0.4) is 0 Å². The second kappa shape index (κ2) is 5.49. The summed E-state index contributed by atoms with van der Waals surface area (Å²) >= 11 is 0. The molecule has 17 heavy (non-hydrogen) atoms. The van der Waals surface area contributed by atoms with Crippen LogP contribution in [0.2, 0.25) is 0 Å². The van der Waals surface area contributed by atoms with Crippen LogP contribution in [0.15, 0.2) is 0 Å². The van der Waals surface area contributed by atoms with Gasteiger partial charge in [0.25, 0.3) is 0 Å². The molecule has 1 aliphatic heterocycles. The first kappa shape index (κ1) is 14.0. The first-order valence-corrected chi connectivity index (χ1v) is 6.09. The van der Waals surface area contributed by atoms with Crippen LogP contribution in [0, 0.1) is 5.92 Å². The van der Waals surface area contributed by atoms with Crippen molar-refractivity contribution in [2.24, 2.45) is 5.92 Å². The first-order chi connectivity index (χ1) is 7.82. The zero-order valence-electron chi connectivity index (χ0n) is 10.7. The summed E-state index contributed by atoms with van der Waals surface area (Å²) in [5.41, 5.74) is -0.707. The van der Waals surface area contributed by atoms with E-state index in [9.17, 15) is 9.59 Å². The smallest absolute Gasteiger partial charge is 0.305 e. The van der Waals surface area contributed by atoms with Gasteiger partial charge in [0.2, 0.25) is 5.91 Å². The van der Waals surface area contributed by atoms with Gasteiger partial charge in [-0.15, -0.1) is 0 Å². The number of piperidine rings is 1. The van der Waals surface area contributed by atoms with Crippen molar-refractivity contribution in [1.82, 2.24) is 10.6 Å². The van der Waals surface area contributed by atoms with E-state index < -0.39 is 11.5 Å². The fraction of sp³-hybridized carbons (Fsp3) is 0.833. The molecule has 5 nitrogen and oxygen atoms in total. The number of carbonyl (C=O) groups excluding carboxylic acids is 1. The highest BCUT2D eigenvalue weighted by Gasteiger charge is 2.31. The summed E-state index contributed by atoms with van der Waals surface area (Å²) in [6.07, 6.45) is 2.05. The molecule has 1 rings (SSSR count). The molecule has 1 fully saturated rings. The lowest BCUT2D eigenvalue weighted by Crippen LogP contribution is -2.56. The van der Waals surface area contributed by atoms with Crippen molar-refractivity contribution in [3.05, 3.63) is 0 Å². The summed E-state index contributed by atoms with van der Waals surface area (Å²) in [4.78, 5) is 22.7. The van der Waals surface area contributed by atoms with Gasteiger partial charge in [-0.3, -0.25) is 9.59 Å². The normalized spacial score (nSPS) is 25.4. The van der Waals surface area contributed by atoms with E-state index >= 15 is 0 Å². The molecule has 2 unspecified atom stereocenters. The Morgan fingerprint density at radius 2 is 2.12 bits per heavy atom. The van der Waals surface area contributed by atoms with Crippen molar-refractivity contribution < 1.29 is 14.7 Å². The van der Waals surface area contributed by atoms with Crippen molar-refractivity contribution in [2.45, 2.75) is 51.6 Å². The third-order valence-corrected chi connectivity index (χ3v) is 3.11. The Morgan fingerprint density at radius 1 is 1.47 bits per heavy atom. The third kappa shape index (κ3) is 4.34.